The van der Waals surface area contributed by atoms with Gasteiger partial charge in [0.05, 0.1) is 20.4 Å². The normalized spacial score (nSPS) is 13.3. The molecule has 0 radical (unpaired) electrons. The fourth-order valence-electron chi connectivity index (χ4n) is 7.69. The Hall–Kier alpha value is -5.42. The van der Waals surface area contributed by atoms with Crippen LogP contribution in [0.3, 0.4) is 0 Å². The molecule has 0 unspecified atom stereocenters. The number of thiazole rings is 2. The van der Waals surface area contributed by atoms with Crippen molar-refractivity contribution in [1.82, 2.24) is 9.97 Å². The highest BCUT2D eigenvalue weighted by Gasteiger charge is 2.37. The summed E-state index contributed by atoms with van der Waals surface area (Å²) in [6, 6.07) is 53.0. The van der Waals surface area contributed by atoms with Gasteiger partial charge in [-0.05, 0) is 110 Å². The SMILES string of the molecule is CC1(C)c2cc(-c3cccc(-c4cc(-c5nc6ccccc6s5)cc(-c5nc6ccccc6s5)c4)c3)ccc2-c2ccc3ccccc3c21. The Kier molecular flexibility index (Phi) is 6.30. The quantitative estimate of drug-likeness (QED) is 0.187. The third-order valence-electron chi connectivity index (χ3n) is 10.1. The average Bonchev–Trinajstić information content (AvgIpc) is 3.84. The topological polar surface area (TPSA) is 25.8 Å². The first-order valence-electron chi connectivity index (χ1n) is 16.6. The molecular weight excluding hydrogens is 633 g/mol. The summed E-state index contributed by atoms with van der Waals surface area (Å²) in [5.74, 6) is 0. The van der Waals surface area contributed by atoms with E-state index in [1.165, 1.54) is 59.1 Å². The molecule has 49 heavy (non-hydrogen) atoms. The Morgan fingerprint density at radius 2 is 1.00 bits per heavy atom. The highest BCUT2D eigenvalue weighted by atomic mass is 32.1. The molecule has 2 heterocycles. The summed E-state index contributed by atoms with van der Waals surface area (Å²) in [5.41, 5.74) is 14.5. The molecule has 1 aliphatic carbocycles. The molecule has 9 aromatic rings. The van der Waals surface area contributed by atoms with Gasteiger partial charge < -0.3 is 0 Å². The Morgan fingerprint density at radius 3 is 1.69 bits per heavy atom. The van der Waals surface area contributed by atoms with Crippen molar-refractivity contribution in [2.45, 2.75) is 19.3 Å². The van der Waals surface area contributed by atoms with Crippen LogP contribution in [0.2, 0.25) is 0 Å². The molecule has 0 saturated carbocycles. The van der Waals surface area contributed by atoms with E-state index in [0.29, 0.717) is 0 Å². The van der Waals surface area contributed by atoms with Gasteiger partial charge >= 0.3 is 0 Å². The van der Waals surface area contributed by atoms with E-state index in [2.05, 4.69) is 159 Å². The molecule has 10 rings (SSSR count). The van der Waals surface area contributed by atoms with Crippen molar-refractivity contribution in [1.29, 1.82) is 0 Å². The number of hydrogen-bond acceptors (Lipinski definition) is 4. The molecule has 4 heteroatoms. The molecule has 0 bridgehead atoms. The van der Waals surface area contributed by atoms with Crippen LogP contribution in [0, 0.1) is 0 Å². The fraction of sp³-hybridized carbons (Fsp3) is 0.0667. The van der Waals surface area contributed by atoms with Crippen LogP contribution in [-0.2, 0) is 5.41 Å². The lowest BCUT2D eigenvalue weighted by atomic mass is 9.79. The summed E-state index contributed by atoms with van der Waals surface area (Å²) in [6.45, 7) is 4.75. The van der Waals surface area contributed by atoms with Crippen LogP contribution in [0.4, 0.5) is 0 Å². The van der Waals surface area contributed by atoms with Gasteiger partial charge in [0, 0.05) is 16.5 Å². The number of benzene rings is 7. The number of nitrogens with zero attached hydrogens (tertiary/aromatic N) is 2. The molecule has 0 N–H and O–H groups in total. The van der Waals surface area contributed by atoms with Crippen molar-refractivity contribution in [3.05, 3.63) is 157 Å². The second kappa shape index (κ2) is 10.8. The fourth-order valence-corrected chi connectivity index (χ4v) is 9.60. The lowest BCUT2D eigenvalue weighted by molar-refractivity contribution is 0.666. The average molecular weight is 663 g/mol. The van der Waals surface area contributed by atoms with Crippen molar-refractivity contribution in [3.8, 4) is 54.5 Å². The lowest BCUT2D eigenvalue weighted by Gasteiger charge is -2.23. The van der Waals surface area contributed by atoms with Gasteiger partial charge in [0.1, 0.15) is 10.0 Å². The first-order chi connectivity index (χ1) is 24.0. The lowest BCUT2D eigenvalue weighted by Crippen LogP contribution is -2.15. The molecule has 1 aliphatic rings. The van der Waals surface area contributed by atoms with Crippen LogP contribution in [0.1, 0.15) is 25.0 Å². The molecule has 0 aliphatic heterocycles. The third-order valence-corrected chi connectivity index (χ3v) is 12.3. The molecule has 2 nitrogen and oxygen atoms in total. The first-order valence-corrected chi connectivity index (χ1v) is 18.3. The van der Waals surface area contributed by atoms with Crippen LogP contribution in [-0.4, -0.2) is 9.97 Å². The first kappa shape index (κ1) is 28.6. The Balaban J connectivity index is 1.10. The largest absolute Gasteiger partial charge is 0.236 e. The molecule has 0 spiro atoms. The monoisotopic (exact) mass is 662 g/mol. The minimum Gasteiger partial charge on any atom is -0.236 e. The number of fused-ring (bicyclic) bond motifs is 7. The van der Waals surface area contributed by atoms with E-state index < -0.39 is 0 Å². The molecule has 7 aromatic carbocycles. The van der Waals surface area contributed by atoms with Crippen molar-refractivity contribution >= 4 is 53.9 Å². The van der Waals surface area contributed by atoms with Crippen molar-refractivity contribution in [3.63, 3.8) is 0 Å². The van der Waals surface area contributed by atoms with Gasteiger partial charge in [-0.25, -0.2) is 9.97 Å². The van der Waals surface area contributed by atoms with E-state index in [0.717, 1.165) is 37.7 Å². The molecule has 2 aromatic heterocycles. The summed E-state index contributed by atoms with van der Waals surface area (Å²) in [7, 11) is 0. The second-order valence-electron chi connectivity index (χ2n) is 13.4. The van der Waals surface area contributed by atoms with Crippen LogP contribution in [0.15, 0.2) is 146 Å². The minimum atomic E-state index is -0.100. The number of hydrogen-bond donors (Lipinski definition) is 0. The zero-order chi connectivity index (χ0) is 32.7. The molecular formula is C45H30N2S2. The maximum Gasteiger partial charge on any atom is 0.124 e. The molecule has 0 amide bonds. The van der Waals surface area contributed by atoms with Gasteiger partial charge in [-0.1, -0.05) is 105 Å². The maximum absolute atomic E-state index is 5.04. The van der Waals surface area contributed by atoms with Gasteiger partial charge in [0.25, 0.3) is 0 Å². The van der Waals surface area contributed by atoms with Gasteiger partial charge in [0.15, 0.2) is 0 Å². The van der Waals surface area contributed by atoms with E-state index in [-0.39, 0.29) is 5.41 Å². The summed E-state index contributed by atoms with van der Waals surface area (Å²) in [6.07, 6.45) is 0. The van der Waals surface area contributed by atoms with Crippen LogP contribution in [0.5, 0.6) is 0 Å². The number of rotatable bonds is 4. The number of para-hydroxylation sites is 2. The predicted octanol–water partition coefficient (Wildman–Crippen LogP) is 13.0. The Bertz CT molecular complexity index is 2610. The van der Waals surface area contributed by atoms with E-state index in [1.807, 2.05) is 0 Å². The Labute approximate surface area is 293 Å². The van der Waals surface area contributed by atoms with Gasteiger partial charge in [0.2, 0.25) is 0 Å². The highest BCUT2D eigenvalue weighted by molar-refractivity contribution is 7.22. The summed E-state index contributed by atoms with van der Waals surface area (Å²) in [4.78, 5) is 10.1. The standard InChI is InChI=1S/C45H30N2S2/c1-45(2)37-26-30(19-20-35(37)36-21-18-27-10-3-4-13-34(27)42(36)45)28-11-9-12-29(22-28)31-23-32(43-46-38-14-5-7-16-40(38)48-43)25-33(24-31)44-47-39-15-6-8-17-41(39)49-44/h3-26H,1-2H3. The summed E-state index contributed by atoms with van der Waals surface area (Å²) < 4.78 is 2.39. The second-order valence-corrected chi connectivity index (χ2v) is 15.5. The van der Waals surface area contributed by atoms with E-state index in [4.69, 9.17) is 9.97 Å². The highest BCUT2D eigenvalue weighted by Crippen LogP contribution is 2.52. The van der Waals surface area contributed by atoms with Crippen molar-refractivity contribution in [2.24, 2.45) is 0 Å². The van der Waals surface area contributed by atoms with Crippen LogP contribution < -0.4 is 0 Å². The Morgan fingerprint density at radius 1 is 0.449 bits per heavy atom. The molecule has 232 valence electrons. The van der Waals surface area contributed by atoms with E-state index >= 15 is 0 Å². The van der Waals surface area contributed by atoms with Crippen LogP contribution >= 0.6 is 22.7 Å². The minimum absolute atomic E-state index is 0.100. The zero-order valence-corrected chi connectivity index (χ0v) is 28.7. The molecule has 0 fully saturated rings. The van der Waals surface area contributed by atoms with E-state index in [9.17, 15) is 0 Å². The van der Waals surface area contributed by atoms with Gasteiger partial charge in [-0.2, -0.15) is 0 Å². The molecule has 0 saturated heterocycles. The third kappa shape index (κ3) is 4.59. The van der Waals surface area contributed by atoms with Crippen molar-refractivity contribution < 1.29 is 0 Å². The van der Waals surface area contributed by atoms with Gasteiger partial charge in [-0.3, -0.25) is 0 Å². The predicted molar refractivity (Wildman–Crippen MR) is 210 cm³/mol. The summed E-state index contributed by atoms with van der Waals surface area (Å²) in [5, 5.41) is 4.69. The zero-order valence-electron chi connectivity index (χ0n) is 27.1. The number of aromatic nitrogens is 2. The maximum atomic E-state index is 5.04. The van der Waals surface area contributed by atoms with Crippen molar-refractivity contribution in [2.75, 3.05) is 0 Å². The van der Waals surface area contributed by atoms with E-state index in [1.54, 1.807) is 22.7 Å². The van der Waals surface area contributed by atoms with Gasteiger partial charge in [-0.15, -0.1) is 22.7 Å². The smallest absolute Gasteiger partial charge is 0.124 e. The van der Waals surface area contributed by atoms with Crippen LogP contribution in [0.25, 0.3) is 85.7 Å². The summed E-state index contributed by atoms with van der Waals surface area (Å²) >= 11 is 3.48. The molecule has 0 atom stereocenters.